The molecular weight excluding hydrogens is 276 g/mol. The highest BCUT2D eigenvalue weighted by Gasteiger charge is 2.16. The number of nitrogens with zero attached hydrogens (tertiary/aromatic N) is 3. The summed E-state index contributed by atoms with van der Waals surface area (Å²) < 4.78 is 1.85. The Morgan fingerprint density at radius 1 is 1.55 bits per heavy atom. The minimum Gasteiger partial charge on any atom is -0.382 e. The zero-order valence-electron chi connectivity index (χ0n) is 11.7. The van der Waals surface area contributed by atoms with Gasteiger partial charge in [0.05, 0.1) is 6.54 Å². The van der Waals surface area contributed by atoms with E-state index in [1.165, 1.54) is 11.3 Å². The second-order valence-corrected chi connectivity index (χ2v) is 5.67. The van der Waals surface area contributed by atoms with Gasteiger partial charge in [-0.3, -0.25) is 4.79 Å². The third kappa shape index (κ3) is 3.27. The lowest BCUT2D eigenvalue weighted by Gasteiger charge is -2.04. The molecule has 2 rings (SSSR count). The molecule has 0 aliphatic heterocycles. The number of carbonyl (C=O) groups is 1. The lowest BCUT2D eigenvalue weighted by atomic mass is 10.4. The van der Waals surface area contributed by atoms with Gasteiger partial charge in [-0.1, -0.05) is 11.3 Å². The lowest BCUT2D eigenvalue weighted by molar-refractivity contribution is 0.0954. The smallest absolute Gasteiger partial charge is 0.265 e. The van der Waals surface area contributed by atoms with Gasteiger partial charge in [0.15, 0.2) is 5.13 Å². The number of imidazole rings is 1. The van der Waals surface area contributed by atoms with Crippen LogP contribution in [0, 0.1) is 0 Å². The fourth-order valence-corrected chi connectivity index (χ4v) is 2.56. The van der Waals surface area contributed by atoms with Crippen LogP contribution in [0.15, 0.2) is 12.4 Å². The predicted octanol–water partition coefficient (Wildman–Crippen LogP) is 1.21. The monoisotopic (exact) mass is 294 g/mol. The number of amides is 1. The Bertz CT molecular complexity index is 603. The summed E-state index contributed by atoms with van der Waals surface area (Å²) in [5, 5.41) is 6.57. The standard InChI is InChI=1S/C12H18N6OS/c1-7(2)16-12-17-10(13)9(20-12)11(19)15-6-8-14-4-5-18(8)3/h4-5,7H,6,13H2,1-3H3,(H,15,19)(H,16,17). The first-order valence-corrected chi connectivity index (χ1v) is 7.06. The van der Waals surface area contributed by atoms with Crippen molar-refractivity contribution in [3.8, 4) is 0 Å². The second kappa shape index (κ2) is 5.91. The number of carbonyl (C=O) groups excluding carboxylic acids is 1. The molecule has 0 saturated carbocycles. The van der Waals surface area contributed by atoms with Crippen molar-refractivity contribution in [3.05, 3.63) is 23.1 Å². The Kier molecular flexibility index (Phi) is 4.23. The third-order valence-corrected chi connectivity index (χ3v) is 3.60. The highest BCUT2D eigenvalue weighted by molar-refractivity contribution is 7.18. The molecule has 8 heteroatoms. The molecule has 0 aliphatic rings. The van der Waals surface area contributed by atoms with Gasteiger partial charge in [0.2, 0.25) is 0 Å². The molecule has 1 amide bonds. The van der Waals surface area contributed by atoms with E-state index in [0.717, 1.165) is 5.82 Å². The number of hydrogen-bond donors (Lipinski definition) is 3. The number of nitrogens with two attached hydrogens (primary N) is 1. The number of nitrogens with one attached hydrogen (secondary N) is 2. The lowest BCUT2D eigenvalue weighted by Crippen LogP contribution is -2.24. The van der Waals surface area contributed by atoms with E-state index >= 15 is 0 Å². The number of hydrogen-bond acceptors (Lipinski definition) is 6. The van der Waals surface area contributed by atoms with Crippen LogP contribution in [0.1, 0.15) is 29.3 Å². The number of anilines is 2. The van der Waals surface area contributed by atoms with E-state index in [9.17, 15) is 4.79 Å². The fraction of sp³-hybridized carbons (Fsp3) is 0.417. The molecule has 0 bridgehead atoms. The number of rotatable bonds is 5. The van der Waals surface area contributed by atoms with Gasteiger partial charge in [-0.15, -0.1) is 0 Å². The average molecular weight is 294 g/mol. The Balaban J connectivity index is 2.02. The van der Waals surface area contributed by atoms with Crippen molar-refractivity contribution in [2.45, 2.75) is 26.4 Å². The molecule has 0 aromatic carbocycles. The van der Waals surface area contributed by atoms with E-state index < -0.39 is 0 Å². The first-order valence-electron chi connectivity index (χ1n) is 6.24. The summed E-state index contributed by atoms with van der Waals surface area (Å²) in [6, 6.07) is 0.240. The minimum absolute atomic E-state index is 0.236. The van der Waals surface area contributed by atoms with Crippen LogP contribution >= 0.6 is 11.3 Å². The van der Waals surface area contributed by atoms with Crippen LogP contribution in [0.5, 0.6) is 0 Å². The van der Waals surface area contributed by atoms with Crippen molar-refractivity contribution in [1.29, 1.82) is 0 Å². The van der Waals surface area contributed by atoms with E-state index in [1.807, 2.05) is 31.7 Å². The number of aromatic nitrogens is 3. The zero-order valence-corrected chi connectivity index (χ0v) is 12.5. The molecule has 0 aliphatic carbocycles. The third-order valence-electron chi connectivity index (χ3n) is 2.60. The van der Waals surface area contributed by atoms with Gasteiger partial charge < -0.3 is 20.9 Å². The molecule has 7 nitrogen and oxygen atoms in total. The van der Waals surface area contributed by atoms with Crippen molar-refractivity contribution in [3.63, 3.8) is 0 Å². The molecule has 0 radical (unpaired) electrons. The number of aryl methyl sites for hydroxylation is 1. The highest BCUT2D eigenvalue weighted by atomic mass is 32.1. The van der Waals surface area contributed by atoms with Gasteiger partial charge >= 0.3 is 0 Å². The molecule has 2 heterocycles. The molecule has 0 atom stereocenters. The van der Waals surface area contributed by atoms with Crippen LogP contribution in [0.3, 0.4) is 0 Å². The van der Waals surface area contributed by atoms with Gasteiger partial charge in [-0.05, 0) is 13.8 Å². The quantitative estimate of drug-likeness (QED) is 0.770. The molecule has 2 aromatic rings. The van der Waals surface area contributed by atoms with Crippen LogP contribution in [0.2, 0.25) is 0 Å². The number of thiazole rings is 1. The first-order chi connectivity index (χ1) is 9.47. The maximum atomic E-state index is 12.1. The molecule has 20 heavy (non-hydrogen) atoms. The summed E-state index contributed by atoms with van der Waals surface area (Å²) in [6.07, 6.45) is 3.51. The summed E-state index contributed by atoms with van der Waals surface area (Å²) in [7, 11) is 1.88. The molecular formula is C12H18N6OS. The predicted molar refractivity (Wildman–Crippen MR) is 79.7 cm³/mol. The minimum atomic E-state index is -0.236. The Morgan fingerprint density at radius 2 is 2.30 bits per heavy atom. The maximum absolute atomic E-state index is 12.1. The molecule has 0 spiro atoms. The summed E-state index contributed by atoms with van der Waals surface area (Å²) in [4.78, 5) is 20.8. The van der Waals surface area contributed by atoms with Crippen molar-refractivity contribution < 1.29 is 4.79 Å². The van der Waals surface area contributed by atoms with Gasteiger partial charge in [0.25, 0.3) is 5.91 Å². The topological polar surface area (TPSA) is 97.9 Å². The van der Waals surface area contributed by atoms with Crippen LogP contribution < -0.4 is 16.4 Å². The largest absolute Gasteiger partial charge is 0.382 e. The molecule has 108 valence electrons. The van der Waals surface area contributed by atoms with Gasteiger partial charge in [-0.25, -0.2) is 9.97 Å². The molecule has 0 unspecified atom stereocenters. The second-order valence-electron chi connectivity index (χ2n) is 4.67. The van der Waals surface area contributed by atoms with Crippen LogP contribution in [0.4, 0.5) is 10.9 Å². The highest BCUT2D eigenvalue weighted by Crippen LogP contribution is 2.25. The Labute approximate surface area is 121 Å². The van der Waals surface area contributed by atoms with Gasteiger partial charge in [0, 0.05) is 25.5 Å². The summed E-state index contributed by atoms with van der Waals surface area (Å²) in [6.45, 7) is 4.35. The van der Waals surface area contributed by atoms with Crippen molar-refractivity contribution in [2.24, 2.45) is 7.05 Å². The summed E-state index contributed by atoms with van der Waals surface area (Å²) in [5.74, 6) is 0.789. The molecule has 4 N–H and O–H groups in total. The first kappa shape index (κ1) is 14.3. The van der Waals surface area contributed by atoms with E-state index in [0.29, 0.717) is 16.6 Å². The van der Waals surface area contributed by atoms with E-state index in [1.54, 1.807) is 6.20 Å². The molecule has 0 fully saturated rings. The molecule has 0 saturated heterocycles. The Morgan fingerprint density at radius 3 is 2.90 bits per heavy atom. The Hall–Kier alpha value is -2.09. The normalized spacial score (nSPS) is 10.8. The van der Waals surface area contributed by atoms with Crippen molar-refractivity contribution in [1.82, 2.24) is 19.9 Å². The molecule has 2 aromatic heterocycles. The number of nitrogen functional groups attached to an aromatic ring is 1. The average Bonchev–Trinajstić information content (AvgIpc) is 2.92. The van der Waals surface area contributed by atoms with Crippen LogP contribution in [0.25, 0.3) is 0 Å². The van der Waals surface area contributed by atoms with Crippen LogP contribution in [-0.2, 0) is 13.6 Å². The summed E-state index contributed by atoms with van der Waals surface area (Å²) >= 11 is 1.25. The SMILES string of the molecule is CC(C)Nc1nc(N)c(C(=O)NCc2nccn2C)s1. The van der Waals surface area contributed by atoms with E-state index in [2.05, 4.69) is 20.6 Å². The van der Waals surface area contributed by atoms with Crippen molar-refractivity contribution >= 4 is 28.2 Å². The maximum Gasteiger partial charge on any atom is 0.265 e. The van der Waals surface area contributed by atoms with Crippen LogP contribution in [-0.4, -0.2) is 26.5 Å². The van der Waals surface area contributed by atoms with E-state index in [-0.39, 0.29) is 17.8 Å². The van der Waals surface area contributed by atoms with Gasteiger partial charge in [-0.2, -0.15) is 0 Å². The van der Waals surface area contributed by atoms with Gasteiger partial charge in [0.1, 0.15) is 16.5 Å². The van der Waals surface area contributed by atoms with E-state index in [4.69, 9.17) is 5.73 Å². The fourth-order valence-electron chi connectivity index (χ4n) is 1.61. The zero-order chi connectivity index (χ0) is 14.7. The van der Waals surface area contributed by atoms with Crippen molar-refractivity contribution in [2.75, 3.05) is 11.1 Å². The summed E-state index contributed by atoms with van der Waals surface area (Å²) in [5.41, 5.74) is 5.77.